The third-order valence-corrected chi connectivity index (χ3v) is 4.73. The largest absolute Gasteiger partial charge is 0.354 e. The van der Waals surface area contributed by atoms with Crippen LogP contribution in [-0.4, -0.2) is 41.8 Å². The van der Waals surface area contributed by atoms with Crippen LogP contribution in [0, 0.1) is 23.7 Å². The van der Waals surface area contributed by atoms with Gasteiger partial charge in [0.05, 0.1) is 11.8 Å². The standard InChI is InChI=1S/C15H21N3O3/c1-8(16)6-11(19)17-4-5-18-14(20)12-9-2-3-10(7-9)13(12)15(18)21/h2-3,8-10,12-13H,4-7,16H2,1H3,(H,17,19). The Labute approximate surface area is 123 Å². The Morgan fingerprint density at radius 3 is 2.43 bits per heavy atom. The summed E-state index contributed by atoms with van der Waals surface area (Å²) in [6, 6.07) is -0.193. The van der Waals surface area contributed by atoms with Gasteiger partial charge in [-0.05, 0) is 25.2 Å². The molecule has 2 bridgehead atoms. The minimum atomic E-state index is -0.193. The van der Waals surface area contributed by atoms with E-state index in [9.17, 15) is 14.4 Å². The van der Waals surface area contributed by atoms with Crippen LogP contribution in [0.5, 0.6) is 0 Å². The molecule has 1 saturated carbocycles. The SMILES string of the molecule is CC(N)CC(=O)NCCN1C(=O)C2C3C=CC(C3)C2C1=O. The van der Waals surface area contributed by atoms with E-state index in [1.807, 2.05) is 0 Å². The van der Waals surface area contributed by atoms with Gasteiger partial charge in [0, 0.05) is 25.6 Å². The Hall–Kier alpha value is -1.69. The van der Waals surface area contributed by atoms with Crippen molar-refractivity contribution in [3.63, 3.8) is 0 Å². The van der Waals surface area contributed by atoms with Crippen LogP contribution in [0.2, 0.25) is 0 Å². The maximum absolute atomic E-state index is 12.4. The molecule has 21 heavy (non-hydrogen) atoms. The highest BCUT2D eigenvalue weighted by atomic mass is 16.2. The van der Waals surface area contributed by atoms with E-state index < -0.39 is 0 Å². The Bertz CT molecular complexity index is 484. The molecular weight excluding hydrogens is 270 g/mol. The van der Waals surface area contributed by atoms with Crippen molar-refractivity contribution in [1.29, 1.82) is 0 Å². The van der Waals surface area contributed by atoms with Crippen molar-refractivity contribution in [3.05, 3.63) is 12.2 Å². The normalized spacial score (nSPS) is 34.5. The zero-order valence-corrected chi connectivity index (χ0v) is 12.1. The molecule has 2 fully saturated rings. The Morgan fingerprint density at radius 2 is 1.90 bits per heavy atom. The predicted octanol–water partition coefficient (Wildman–Crippen LogP) is -0.353. The molecule has 0 spiro atoms. The minimum Gasteiger partial charge on any atom is -0.354 e. The molecule has 3 amide bonds. The fourth-order valence-electron chi connectivity index (χ4n) is 3.86. The molecule has 0 aromatic rings. The molecule has 1 heterocycles. The highest BCUT2D eigenvalue weighted by molar-refractivity contribution is 6.06. The number of hydrogen-bond acceptors (Lipinski definition) is 4. The topological polar surface area (TPSA) is 92.5 Å². The molecule has 1 saturated heterocycles. The molecule has 3 aliphatic rings. The van der Waals surface area contributed by atoms with Crippen molar-refractivity contribution in [2.45, 2.75) is 25.8 Å². The number of hydrogen-bond donors (Lipinski definition) is 2. The van der Waals surface area contributed by atoms with Gasteiger partial charge in [-0.3, -0.25) is 19.3 Å². The molecule has 5 atom stereocenters. The van der Waals surface area contributed by atoms with Gasteiger partial charge in [0.15, 0.2) is 0 Å². The summed E-state index contributed by atoms with van der Waals surface area (Å²) in [5.41, 5.74) is 5.54. The fourth-order valence-corrected chi connectivity index (χ4v) is 3.86. The minimum absolute atomic E-state index is 0.0664. The summed E-state index contributed by atoms with van der Waals surface area (Å²) in [6.45, 7) is 2.32. The van der Waals surface area contributed by atoms with Crippen molar-refractivity contribution in [3.8, 4) is 0 Å². The van der Waals surface area contributed by atoms with E-state index in [4.69, 9.17) is 5.73 Å². The van der Waals surface area contributed by atoms with E-state index in [0.717, 1.165) is 6.42 Å². The predicted molar refractivity (Wildman–Crippen MR) is 75.7 cm³/mol. The second-order valence-corrected chi connectivity index (χ2v) is 6.36. The number of imide groups is 1. The maximum Gasteiger partial charge on any atom is 0.233 e. The third-order valence-electron chi connectivity index (χ3n) is 4.73. The number of carbonyl (C=O) groups is 3. The first kappa shape index (κ1) is 14.3. The molecule has 2 aliphatic carbocycles. The second-order valence-electron chi connectivity index (χ2n) is 6.36. The Balaban J connectivity index is 1.55. The lowest BCUT2D eigenvalue weighted by Crippen LogP contribution is -2.40. The molecule has 3 rings (SSSR count). The Kier molecular flexibility index (Phi) is 3.57. The maximum atomic E-state index is 12.4. The van der Waals surface area contributed by atoms with Crippen LogP contribution >= 0.6 is 0 Å². The van der Waals surface area contributed by atoms with Gasteiger partial charge in [0.25, 0.3) is 0 Å². The van der Waals surface area contributed by atoms with Gasteiger partial charge in [-0.15, -0.1) is 0 Å². The smallest absolute Gasteiger partial charge is 0.233 e. The van der Waals surface area contributed by atoms with Crippen molar-refractivity contribution in [2.75, 3.05) is 13.1 Å². The van der Waals surface area contributed by atoms with Crippen LogP contribution in [0.3, 0.4) is 0 Å². The zero-order valence-electron chi connectivity index (χ0n) is 12.1. The molecule has 6 nitrogen and oxygen atoms in total. The van der Waals surface area contributed by atoms with Crippen molar-refractivity contribution in [2.24, 2.45) is 29.4 Å². The summed E-state index contributed by atoms with van der Waals surface area (Å²) in [5.74, 6) is -0.139. The van der Waals surface area contributed by atoms with Crippen molar-refractivity contribution in [1.82, 2.24) is 10.2 Å². The molecule has 6 heteroatoms. The molecule has 114 valence electrons. The number of nitrogens with zero attached hydrogens (tertiary/aromatic N) is 1. The monoisotopic (exact) mass is 291 g/mol. The number of fused-ring (bicyclic) bond motifs is 5. The second kappa shape index (κ2) is 5.26. The van der Waals surface area contributed by atoms with Crippen LogP contribution in [0.25, 0.3) is 0 Å². The first-order valence-corrected chi connectivity index (χ1v) is 7.55. The van der Waals surface area contributed by atoms with Gasteiger partial charge < -0.3 is 11.1 Å². The average molecular weight is 291 g/mol. The van der Waals surface area contributed by atoms with Crippen molar-refractivity contribution >= 4 is 17.7 Å². The lowest BCUT2D eigenvalue weighted by Gasteiger charge is -2.17. The van der Waals surface area contributed by atoms with Gasteiger partial charge in [0.1, 0.15) is 0 Å². The third kappa shape index (κ3) is 2.37. The van der Waals surface area contributed by atoms with Crippen molar-refractivity contribution < 1.29 is 14.4 Å². The van der Waals surface area contributed by atoms with Crippen LogP contribution in [0.4, 0.5) is 0 Å². The van der Waals surface area contributed by atoms with Gasteiger partial charge in [0.2, 0.25) is 17.7 Å². The van der Waals surface area contributed by atoms with E-state index in [1.54, 1.807) is 6.92 Å². The van der Waals surface area contributed by atoms with E-state index >= 15 is 0 Å². The molecule has 1 aliphatic heterocycles. The molecule has 0 aromatic carbocycles. The molecule has 0 aromatic heterocycles. The molecule has 0 radical (unpaired) electrons. The fraction of sp³-hybridized carbons (Fsp3) is 0.667. The summed E-state index contributed by atoms with van der Waals surface area (Å²) in [7, 11) is 0. The van der Waals surface area contributed by atoms with Crippen LogP contribution in [-0.2, 0) is 14.4 Å². The van der Waals surface area contributed by atoms with Gasteiger partial charge in [-0.1, -0.05) is 12.2 Å². The van der Waals surface area contributed by atoms with E-state index in [0.29, 0.717) is 6.54 Å². The first-order valence-electron chi connectivity index (χ1n) is 7.55. The van der Waals surface area contributed by atoms with E-state index in [2.05, 4.69) is 17.5 Å². The zero-order chi connectivity index (χ0) is 15.1. The van der Waals surface area contributed by atoms with Gasteiger partial charge in [-0.2, -0.15) is 0 Å². The first-order chi connectivity index (χ1) is 9.99. The number of rotatable bonds is 5. The lowest BCUT2D eigenvalue weighted by molar-refractivity contribution is -0.141. The highest BCUT2D eigenvalue weighted by Crippen LogP contribution is 2.52. The number of carbonyl (C=O) groups excluding carboxylic acids is 3. The van der Waals surface area contributed by atoms with Gasteiger partial charge >= 0.3 is 0 Å². The number of nitrogens with one attached hydrogen (secondary N) is 1. The number of likely N-dealkylation sites (tertiary alicyclic amines) is 1. The van der Waals surface area contributed by atoms with Crippen LogP contribution in [0.15, 0.2) is 12.2 Å². The quantitative estimate of drug-likeness (QED) is 0.535. The number of nitrogens with two attached hydrogens (primary N) is 1. The van der Waals surface area contributed by atoms with Gasteiger partial charge in [-0.25, -0.2) is 0 Å². The van der Waals surface area contributed by atoms with Crippen LogP contribution in [0.1, 0.15) is 19.8 Å². The molecule has 5 unspecified atom stereocenters. The Morgan fingerprint density at radius 1 is 1.33 bits per heavy atom. The van der Waals surface area contributed by atoms with E-state index in [-0.39, 0.29) is 60.4 Å². The summed E-state index contributed by atoms with van der Waals surface area (Å²) in [6.07, 6.45) is 5.34. The van der Waals surface area contributed by atoms with E-state index in [1.165, 1.54) is 4.90 Å². The summed E-state index contributed by atoms with van der Waals surface area (Å²) in [4.78, 5) is 37.6. The number of amides is 3. The highest BCUT2D eigenvalue weighted by Gasteiger charge is 2.58. The lowest BCUT2D eigenvalue weighted by atomic mass is 9.85. The summed E-state index contributed by atoms with van der Waals surface area (Å²) in [5, 5.41) is 2.71. The molecular formula is C15H21N3O3. The average Bonchev–Trinajstić information content (AvgIpc) is 3.06. The summed E-state index contributed by atoms with van der Waals surface area (Å²) < 4.78 is 0. The van der Waals surface area contributed by atoms with Crippen LogP contribution < -0.4 is 11.1 Å². The number of allylic oxidation sites excluding steroid dienone is 2. The summed E-state index contributed by atoms with van der Waals surface area (Å²) >= 11 is 0. The molecule has 3 N–H and O–H groups in total.